The smallest absolute Gasteiger partial charge is 0.246 e. The molecule has 0 aromatic heterocycles. The summed E-state index contributed by atoms with van der Waals surface area (Å²) in [7, 11) is 1.65. The number of piperidine rings is 1. The zero-order valence-corrected chi connectivity index (χ0v) is 16.5. The molecule has 2 rings (SSSR count). The summed E-state index contributed by atoms with van der Waals surface area (Å²) >= 11 is 3.39. The maximum Gasteiger partial charge on any atom is 0.246 e. The van der Waals surface area contributed by atoms with Crippen LogP contribution in [0.25, 0.3) is 0 Å². The minimum atomic E-state index is -1.03. The average Bonchev–Trinajstić information content (AvgIpc) is 2.55. The molecule has 1 fully saturated rings. The Morgan fingerprint density at radius 3 is 2.33 bits per heavy atom. The van der Waals surface area contributed by atoms with Gasteiger partial charge in [0.15, 0.2) is 0 Å². The van der Waals surface area contributed by atoms with E-state index in [-0.39, 0.29) is 24.2 Å². The van der Waals surface area contributed by atoms with E-state index in [4.69, 9.17) is 5.73 Å². The molecule has 1 aromatic carbocycles. The van der Waals surface area contributed by atoms with Gasteiger partial charge in [-0.2, -0.15) is 0 Å². The van der Waals surface area contributed by atoms with E-state index < -0.39 is 5.54 Å². The van der Waals surface area contributed by atoms with Crippen LogP contribution in [0.4, 0.5) is 0 Å². The lowest BCUT2D eigenvalue weighted by molar-refractivity contribution is -0.138. The van der Waals surface area contributed by atoms with Crippen LogP contribution >= 0.6 is 28.3 Å². The Hall–Kier alpha value is -1.11. The fraction of sp³-hybridized carbons (Fsp3) is 0.529. The molecule has 3 N–H and O–H groups in total. The Kier molecular flexibility index (Phi) is 7.70. The molecule has 1 aromatic rings. The summed E-state index contributed by atoms with van der Waals surface area (Å²) in [6.45, 7) is 3.07. The maximum atomic E-state index is 12.8. The number of nitrogens with one attached hydrogen (secondary N) is 1. The summed E-state index contributed by atoms with van der Waals surface area (Å²) in [6, 6.07) is 7.53. The van der Waals surface area contributed by atoms with E-state index in [0.717, 1.165) is 22.9 Å². The third-order valence-corrected chi connectivity index (χ3v) is 5.07. The van der Waals surface area contributed by atoms with Crippen molar-refractivity contribution in [1.29, 1.82) is 0 Å². The van der Waals surface area contributed by atoms with Crippen LogP contribution in [0.5, 0.6) is 0 Å². The molecule has 1 saturated heterocycles. The van der Waals surface area contributed by atoms with Gasteiger partial charge in [0.2, 0.25) is 11.8 Å². The van der Waals surface area contributed by atoms with Gasteiger partial charge in [0.25, 0.3) is 0 Å². The zero-order valence-electron chi connectivity index (χ0n) is 14.0. The molecule has 134 valence electrons. The van der Waals surface area contributed by atoms with Crippen molar-refractivity contribution in [2.75, 3.05) is 20.1 Å². The standard InChI is InChI=1S/C17H24BrN3O2.ClH/c1-17(19,13-3-5-14(18)6-4-13)16(23)21-9-7-12(8-10-21)11-15(22)20-2;/h3-6,12H,7-11,19H2,1-2H3,(H,20,22);1H. The van der Waals surface area contributed by atoms with Gasteiger partial charge in [-0.25, -0.2) is 0 Å². The van der Waals surface area contributed by atoms with Gasteiger partial charge in [0.1, 0.15) is 5.54 Å². The van der Waals surface area contributed by atoms with Crippen molar-refractivity contribution in [1.82, 2.24) is 10.2 Å². The highest BCUT2D eigenvalue weighted by molar-refractivity contribution is 9.10. The summed E-state index contributed by atoms with van der Waals surface area (Å²) in [5.41, 5.74) is 6.10. The first kappa shape index (κ1) is 20.9. The van der Waals surface area contributed by atoms with Gasteiger partial charge in [0.05, 0.1) is 0 Å². The van der Waals surface area contributed by atoms with Crippen molar-refractivity contribution in [3.05, 3.63) is 34.3 Å². The number of rotatable bonds is 4. The monoisotopic (exact) mass is 417 g/mol. The first-order chi connectivity index (χ1) is 10.8. The number of hydrogen-bond donors (Lipinski definition) is 2. The third kappa shape index (κ3) is 4.94. The topological polar surface area (TPSA) is 75.4 Å². The van der Waals surface area contributed by atoms with E-state index in [1.165, 1.54) is 0 Å². The predicted molar refractivity (Wildman–Crippen MR) is 101 cm³/mol. The highest BCUT2D eigenvalue weighted by atomic mass is 79.9. The minimum Gasteiger partial charge on any atom is -0.359 e. The van der Waals surface area contributed by atoms with Crippen LogP contribution < -0.4 is 11.1 Å². The Labute approximate surface area is 157 Å². The van der Waals surface area contributed by atoms with Gasteiger partial charge < -0.3 is 16.0 Å². The van der Waals surface area contributed by atoms with Crippen LogP contribution in [0.2, 0.25) is 0 Å². The van der Waals surface area contributed by atoms with Crippen LogP contribution in [0.15, 0.2) is 28.7 Å². The molecule has 0 aliphatic carbocycles. The second-order valence-corrected chi connectivity index (χ2v) is 7.24. The van der Waals surface area contributed by atoms with E-state index in [9.17, 15) is 9.59 Å². The number of halogens is 2. The summed E-state index contributed by atoms with van der Waals surface area (Å²) < 4.78 is 0.958. The molecule has 24 heavy (non-hydrogen) atoms. The lowest BCUT2D eigenvalue weighted by Gasteiger charge is -2.37. The van der Waals surface area contributed by atoms with Crippen LogP contribution in [0, 0.1) is 5.92 Å². The molecule has 0 spiro atoms. The van der Waals surface area contributed by atoms with E-state index >= 15 is 0 Å². The van der Waals surface area contributed by atoms with E-state index in [1.54, 1.807) is 14.0 Å². The molecular weight excluding hydrogens is 394 g/mol. The Bertz CT molecular complexity index is 570. The normalized spacial score (nSPS) is 17.6. The first-order valence-corrected chi connectivity index (χ1v) is 8.68. The lowest BCUT2D eigenvalue weighted by atomic mass is 9.88. The molecule has 0 saturated carbocycles. The van der Waals surface area contributed by atoms with Gasteiger partial charge >= 0.3 is 0 Å². The van der Waals surface area contributed by atoms with Gasteiger partial charge in [-0.15, -0.1) is 12.4 Å². The van der Waals surface area contributed by atoms with Crippen molar-refractivity contribution < 1.29 is 9.59 Å². The fourth-order valence-corrected chi connectivity index (χ4v) is 3.22. The maximum absolute atomic E-state index is 12.8. The largest absolute Gasteiger partial charge is 0.359 e. The molecule has 1 atom stereocenters. The lowest BCUT2D eigenvalue weighted by Crippen LogP contribution is -2.53. The van der Waals surface area contributed by atoms with Gasteiger partial charge in [-0.1, -0.05) is 28.1 Å². The molecule has 5 nitrogen and oxygen atoms in total. The SMILES string of the molecule is CNC(=O)CC1CCN(C(=O)C(C)(N)c2ccc(Br)cc2)CC1.Cl. The van der Waals surface area contributed by atoms with Crippen LogP contribution in [-0.2, 0) is 15.1 Å². The quantitative estimate of drug-likeness (QED) is 0.788. The van der Waals surface area contributed by atoms with Crippen LogP contribution in [0.3, 0.4) is 0 Å². The molecule has 1 unspecified atom stereocenters. The molecule has 0 radical (unpaired) electrons. The Morgan fingerprint density at radius 1 is 1.29 bits per heavy atom. The molecule has 1 aliphatic heterocycles. The molecular formula is C17H25BrClN3O2. The van der Waals surface area contributed by atoms with Crippen LogP contribution in [-0.4, -0.2) is 36.9 Å². The number of likely N-dealkylation sites (tertiary alicyclic amines) is 1. The van der Waals surface area contributed by atoms with Gasteiger partial charge in [0, 0.05) is 31.0 Å². The van der Waals surface area contributed by atoms with Crippen molar-refractivity contribution >= 4 is 40.2 Å². The zero-order chi connectivity index (χ0) is 17.0. The number of hydrogen-bond acceptors (Lipinski definition) is 3. The summed E-state index contributed by atoms with van der Waals surface area (Å²) in [4.78, 5) is 26.1. The summed E-state index contributed by atoms with van der Waals surface area (Å²) in [5, 5.41) is 2.65. The number of carbonyl (C=O) groups excluding carboxylic acids is 2. The molecule has 7 heteroatoms. The van der Waals surface area contributed by atoms with Crippen molar-refractivity contribution in [2.24, 2.45) is 11.7 Å². The van der Waals surface area contributed by atoms with E-state index in [2.05, 4.69) is 21.2 Å². The van der Waals surface area contributed by atoms with E-state index in [0.29, 0.717) is 25.4 Å². The van der Waals surface area contributed by atoms with Crippen molar-refractivity contribution in [2.45, 2.75) is 31.7 Å². The highest BCUT2D eigenvalue weighted by Crippen LogP contribution is 2.26. The Morgan fingerprint density at radius 2 is 1.83 bits per heavy atom. The number of carbonyl (C=O) groups is 2. The third-order valence-electron chi connectivity index (χ3n) is 4.54. The second kappa shape index (κ2) is 8.83. The molecule has 1 heterocycles. The number of nitrogens with zero attached hydrogens (tertiary/aromatic N) is 1. The first-order valence-electron chi connectivity index (χ1n) is 7.89. The Balaban J connectivity index is 0.00000288. The van der Waals surface area contributed by atoms with Gasteiger partial charge in [-0.05, 0) is 43.4 Å². The van der Waals surface area contributed by atoms with E-state index in [1.807, 2.05) is 29.2 Å². The van der Waals surface area contributed by atoms with Gasteiger partial charge in [-0.3, -0.25) is 9.59 Å². The molecule has 0 bridgehead atoms. The molecule has 2 amide bonds. The van der Waals surface area contributed by atoms with Crippen LogP contribution in [0.1, 0.15) is 31.7 Å². The average molecular weight is 419 g/mol. The summed E-state index contributed by atoms with van der Waals surface area (Å²) in [6.07, 6.45) is 2.22. The van der Waals surface area contributed by atoms with Crippen molar-refractivity contribution in [3.8, 4) is 0 Å². The number of benzene rings is 1. The minimum absolute atomic E-state index is 0. The second-order valence-electron chi connectivity index (χ2n) is 6.32. The summed E-state index contributed by atoms with van der Waals surface area (Å²) in [5.74, 6) is 0.349. The fourth-order valence-electron chi connectivity index (χ4n) is 2.95. The predicted octanol–water partition coefficient (Wildman–Crippen LogP) is 2.42. The number of amides is 2. The number of nitrogens with two attached hydrogens (primary N) is 1. The van der Waals surface area contributed by atoms with Crippen molar-refractivity contribution in [3.63, 3.8) is 0 Å². The molecule has 1 aliphatic rings. The highest BCUT2D eigenvalue weighted by Gasteiger charge is 2.36.